The van der Waals surface area contributed by atoms with E-state index < -0.39 is 0 Å². The van der Waals surface area contributed by atoms with Gasteiger partial charge in [0.25, 0.3) is 0 Å². The Hall–Kier alpha value is -3.44. The van der Waals surface area contributed by atoms with Crippen LogP contribution in [0, 0.1) is 32.1 Å². The first-order valence-electron chi connectivity index (χ1n) is 10.4. The summed E-state index contributed by atoms with van der Waals surface area (Å²) in [5.41, 5.74) is 8.73. The predicted octanol–water partition coefficient (Wildman–Crippen LogP) is 7.13. The second-order valence-corrected chi connectivity index (χ2v) is 7.93. The molecule has 0 aliphatic rings. The standard InChI is InChI=1S/C28H26N2/c1-6-18(3)15-21(7-2)25-16-19(4)29-27-23(25)13-14-24-26(17-20(5)30-28(24)27)22-11-9-8-10-12-22/h1,7-14,16-18H,15H2,2-5H3/b21-7+. The van der Waals surface area contributed by atoms with Gasteiger partial charge in [-0.1, -0.05) is 55.5 Å². The number of aryl methyl sites for hydroxylation is 2. The third-order valence-electron chi connectivity index (χ3n) is 5.60. The summed E-state index contributed by atoms with van der Waals surface area (Å²) in [5, 5.41) is 2.25. The molecule has 2 aromatic carbocycles. The van der Waals surface area contributed by atoms with Gasteiger partial charge in [-0.2, -0.15) is 0 Å². The zero-order valence-electron chi connectivity index (χ0n) is 18.0. The highest BCUT2D eigenvalue weighted by atomic mass is 14.8. The summed E-state index contributed by atoms with van der Waals surface area (Å²) in [6, 6.07) is 19.2. The molecule has 0 bridgehead atoms. The van der Waals surface area contributed by atoms with E-state index in [0.717, 1.165) is 39.6 Å². The van der Waals surface area contributed by atoms with Crippen molar-refractivity contribution in [2.75, 3.05) is 0 Å². The van der Waals surface area contributed by atoms with Crippen molar-refractivity contribution in [1.82, 2.24) is 9.97 Å². The van der Waals surface area contributed by atoms with E-state index >= 15 is 0 Å². The van der Waals surface area contributed by atoms with Crippen LogP contribution in [0.1, 0.15) is 37.2 Å². The highest BCUT2D eigenvalue weighted by Gasteiger charge is 2.15. The van der Waals surface area contributed by atoms with Gasteiger partial charge < -0.3 is 0 Å². The van der Waals surface area contributed by atoms with E-state index in [1.54, 1.807) is 0 Å². The number of nitrogens with zero attached hydrogens (tertiary/aromatic N) is 2. The maximum Gasteiger partial charge on any atom is 0.0974 e. The molecule has 2 aromatic heterocycles. The summed E-state index contributed by atoms with van der Waals surface area (Å²) in [7, 11) is 0. The molecular weight excluding hydrogens is 364 g/mol. The highest BCUT2D eigenvalue weighted by molar-refractivity contribution is 6.10. The van der Waals surface area contributed by atoms with E-state index in [0.29, 0.717) is 0 Å². The monoisotopic (exact) mass is 390 g/mol. The zero-order chi connectivity index (χ0) is 21.3. The number of fused-ring (bicyclic) bond motifs is 3. The fraction of sp³-hybridized carbons (Fsp3) is 0.214. The SMILES string of the molecule is C#CC(C)C/C(=C\C)c1cc(C)nc2c1ccc1c(-c3ccccc3)cc(C)nc12. The normalized spacial score (nSPS) is 12.8. The number of hydrogen-bond donors (Lipinski definition) is 0. The molecule has 0 N–H and O–H groups in total. The Morgan fingerprint density at radius 1 is 0.967 bits per heavy atom. The van der Waals surface area contributed by atoms with Crippen LogP contribution in [-0.2, 0) is 0 Å². The highest BCUT2D eigenvalue weighted by Crippen LogP contribution is 2.36. The Morgan fingerprint density at radius 3 is 2.27 bits per heavy atom. The number of pyridine rings is 2. The molecule has 2 heterocycles. The van der Waals surface area contributed by atoms with Crippen LogP contribution in [-0.4, -0.2) is 9.97 Å². The van der Waals surface area contributed by atoms with Crippen molar-refractivity contribution in [3.63, 3.8) is 0 Å². The first-order valence-corrected chi connectivity index (χ1v) is 10.4. The second kappa shape index (κ2) is 8.13. The Bertz CT molecular complexity index is 1310. The molecule has 1 unspecified atom stereocenters. The quantitative estimate of drug-likeness (QED) is 0.274. The molecular formula is C28H26N2. The molecule has 2 nitrogen and oxygen atoms in total. The van der Waals surface area contributed by atoms with Gasteiger partial charge in [-0.25, -0.2) is 0 Å². The average Bonchev–Trinajstić information content (AvgIpc) is 2.76. The molecule has 30 heavy (non-hydrogen) atoms. The van der Waals surface area contributed by atoms with Gasteiger partial charge in [0.2, 0.25) is 0 Å². The first kappa shape index (κ1) is 19.9. The molecule has 0 saturated heterocycles. The lowest BCUT2D eigenvalue weighted by Crippen LogP contribution is -1.99. The maximum absolute atomic E-state index is 5.66. The van der Waals surface area contributed by atoms with Crippen molar-refractivity contribution in [2.24, 2.45) is 5.92 Å². The Balaban J connectivity index is 2.03. The van der Waals surface area contributed by atoms with Crippen molar-refractivity contribution in [3.05, 3.63) is 77.6 Å². The van der Waals surface area contributed by atoms with Gasteiger partial charge in [-0.3, -0.25) is 9.97 Å². The smallest absolute Gasteiger partial charge is 0.0974 e. The van der Waals surface area contributed by atoms with Crippen LogP contribution in [0.2, 0.25) is 0 Å². The molecule has 2 heteroatoms. The Labute approximate surface area is 178 Å². The summed E-state index contributed by atoms with van der Waals surface area (Å²) >= 11 is 0. The molecule has 0 radical (unpaired) electrons. The summed E-state index contributed by atoms with van der Waals surface area (Å²) < 4.78 is 0. The molecule has 4 aromatic rings. The van der Waals surface area contributed by atoms with E-state index in [-0.39, 0.29) is 5.92 Å². The molecule has 0 amide bonds. The van der Waals surface area contributed by atoms with E-state index in [9.17, 15) is 0 Å². The van der Waals surface area contributed by atoms with Gasteiger partial charge in [-0.15, -0.1) is 12.3 Å². The van der Waals surface area contributed by atoms with Gasteiger partial charge in [0.1, 0.15) is 0 Å². The number of rotatable bonds is 4. The van der Waals surface area contributed by atoms with Crippen molar-refractivity contribution in [1.29, 1.82) is 0 Å². The van der Waals surface area contributed by atoms with Crippen LogP contribution in [0.15, 0.2) is 60.7 Å². The third kappa shape index (κ3) is 3.60. The molecule has 0 aliphatic carbocycles. The Morgan fingerprint density at radius 2 is 1.60 bits per heavy atom. The fourth-order valence-corrected chi connectivity index (χ4v) is 4.13. The van der Waals surface area contributed by atoms with Gasteiger partial charge in [0.15, 0.2) is 0 Å². The van der Waals surface area contributed by atoms with Gasteiger partial charge in [0, 0.05) is 28.1 Å². The summed E-state index contributed by atoms with van der Waals surface area (Å²) in [6.07, 6.45) is 8.68. The lowest BCUT2D eigenvalue weighted by molar-refractivity contribution is 0.786. The summed E-state index contributed by atoms with van der Waals surface area (Å²) in [5.74, 6) is 3.04. The molecule has 1 atom stereocenters. The van der Waals surface area contributed by atoms with E-state index in [4.69, 9.17) is 16.4 Å². The molecule has 0 saturated carbocycles. The van der Waals surface area contributed by atoms with Crippen molar-refractivity contribution in [2.45, 2.75) is 34.1 Å². The van der Waals surface area contributed by atoms with Crippen LogP contribution in [0.25, 0.3) is 38.5 Å². The van der Waals surface area contributed by atoms with E-state index in [2.05, 4.69) is 74.4 Å². The van der Waals surface area contributed by atoms with Crippen LogP contribution in [0.4, 0.5) is 0 Å². The fourth-order valence-electron chi connectivity index (χ4n) is 4.13. The molecule has 0 aliphatic heterocycles. The van der Waals surface area contributed by atoms with E-state index in [1.165, 1.54) is 22.3 Å². The van der Waals surface area contributed by atoms with Gasteiger partial charge >= 0.3 is 0 Å². The second-order valence-electron chi connectivity index (χ2n) is 7.93. The number of terminal acetylenes is 1. The third-order valence-corrected chi connectivity index (χ3v) is 5.60. The molecule has 4 rings (SSSR count). The number of hydrogen-bond acceptors (Lipinski definition) is 2. The van der Waals surface area contributed by atoms with Gasteiger partial charge in [-0.05, 0) is 61.6 Å². The number of benzene rings is 2. The minimum atomic E-state index is 0.185. The molecule has 148 valence electrons. The van der Waals surface area contributed by atoms with Crippen molar-refractivity contribution in [3.8, 4) is 23.5 Å². The summed E-state index contributed by atoms with van der Waals surface area (Å²) in [6.45, 7) is 8.27. The van der Waals surface area contributed by atoms with E-state index in [1.807, 2.05) is 19.9 Å². The average molecular weight is 391 g/mol. The number of aromatic nitrogens is 2. The zero-order valence-corrected chi connectivity index (χ0v) is 18.0. The predicted molar refractivity (Wildman–Crippen MR) is 128 cm³/mol. The van der Waals surface area contributed by atoms with Crippen LogP contribution >= 0.6 is 0 Å². The summed E-state index contributed by atoms with van der Waals surface area (Å²) in [4.78, 5) is 9.85. The van der Waals surface area contributed by atoms with Crippen molar-refractivity contribution < 1.29 is 0 Å². The van der Waals surface area contributed by atoms with Crippen LogP contribution in [0.3, 0.4) is 0 Å². The van der Waals surface area contributed by atoms with Crippen LogP contribution in [0.5, 0.6) is 0 Å². The largest absolute Gasteiger partial charge is 0.251 e. The Kier molecular flexibility index (Phi) is 5.38. The molecule has 0 fully saturated rings. The van der Waals surface area contributed by atoms with Crippen molar-refractivity contribution >= 4 is 27.4 Å². The number of allylic oxidation sites excluding steroid dienone is 2. The van der Waals surface area contributed by atoms with Crippen LogP contribution < -0.4 is 0 Å². The minimum absolute atomic E-state index is 0.185. The van der Waals surface area contributed by atoms with Gasteiger partial charge in [0.05, 0.1) is 11.0 Å². The molecule has 0 spiro atoms. The topological polar surface area (TPSA) is 25.8 Å². The lowest BCUT2D eigenvalue weighted by Gasteiger charge is -2.16. The maximum atomic E-state index is 5.66. The minimum Gasteiger partial charge on any atom is -0.251 e. The first-order chi connectivity index (χ1) is 14.5. The lowest BCUT2D eigenvalue weighted by atomic mass is 9.91.